The Balaban J connectivity index is 2.44. The summed E-state index contributed by atoms with van der Waals surface area (Å²) < 4.78 is 74.1. The molecule has 2 aromatic heterocycles. The van der Waals surface area contributed by atoms with Gasteiger partial charge in [0.2, 0.25) is 21.5 Å². The second-order valence-electron chi connectivity index (χ2n) is 5.37. The number of anilines is 1. The third-order valence-electron chi connectivity index (χ3n) is 3.30. The maximum absolute atomic E-state index is 13.2. The van der Waals surface area contributed by atoms with Gasteiger partial charge in [-0.2, -0.15) is 27.9 Å². The highest BCUT2D eigenvalue weighted by atomic mass is 35.6. The van der Waals surface area contributed by atoms with Crippen molar-refractivity contribution in [1.82, 2.24) is 19.7 Å². The van der Waals surface area contributed by atoms with E-state index in [4.69, 9.17) is 44.3 Å². The highest BCUT2D eigenvalue weighted by Gasteiger charge is 2.42. The van der Waals surface area contributed by atoms with Gasteiger partial charge in [0, 0.05) is 6.20 Å². The van der Waals surface area contributed by atoms with Gasteiger partial charge in [-0.1, -0.05) is 34.8 Å². The number of aromatic nitrogens is 3. The molecule has 1 unspecified atom stereocenters. The minimum atomic E-state index is -5.00. The predicted molar refractivity (Wildman–Crippen MR) is 102 cm³/mol. The molecule has 0 aromatic carbocycles. The Labute approximate surface area is 183 Å². The van der Waals surface area contributed by atoms with Gasteiger partial charge < -0.3 is 14.8 Å². The average Bonchev–Trinajstić information content (AvgIpc) is 2.65. The molecule has 166 valence electrons. The Bertz CT molecular complexity index is 983. The number of methoxy groups -OCH3 is 2. The van der Waals surface area contributed by atoms with E-state index in [0.29, 0.717) is 6.07 Å². The quantitative estimate of drug-likeness (QED) is 0.431. The van der Waals surface area contributed by atoms with Crippen LogP contribution in [0.25, 0.3) is 0 Å². The minimum Gasteiger partial charge on any atom is -0.481 e. The Morgan fingerprint density at radius 3 is 2.13 bits per heavy atom. The van der Waals surface area contributed by atoms with Gasteiger partial charge in [0.15, 0.2) is 5.03 Å². The summed E-state index contributed by atoms with van der Waals surface area (Å²) in [5, 5.41) is 1.07. The van der Waals surface area contributed by atoms with Gasteiger partial charge in [0.1, 0.15) is 6.17 Å². The molecule has 2 aromatic rings. The number of pyridine rings is 1. The van der Waals surface area contributed by atoms with E-state index in [1.54, 1.807) is 0 Å². The van der Waals surface area contributed by atoms with Gasteiger partial charge in [-0.25, -0.2) is 13.4 Å². The third kappa shape index (κ3) is 6.11. The zero-order valence-corrected chi connectivity index (χ0v) is 18.1. The molecule has 0 radical (unpaired) electrons. The summed E-state index contributed by atoms with van der Waals surface area (Å²) in [5.74, 6) is -0.277. The van der Waals surface area contributed by atoms with Crippen molar-refractivity contribution in [3.8, 4) is 11.8 Å². The van der Waals surface area contributed by atoms with Crippen molar-refractivity contribution >= 4 is 50.8 Å². The normalized spacial score (nSPS) is 13.6. The van der Waals surface area contributed by atoms with Gasteiger partial charge in [-0.05, 0) is 12.1 Å². The molecule has 2 rings (SSSR count). The van der Waals surface area contributed by atoms with Crippen LogP contribution >= 0.6 is 34.8 Å². The molecule has 0 aliphatic carbocycles. The second kappa shape index (κ2) is 9.14. The molecule has 0 aliphatic rings. The lowest BCUT2D eigenvalue weighted by molar-refractivity contribution is -0.140. The van der Waals surface area contributed by atoms with Gasteiger partial charge in [0.25, 0.3) is 10.0 Å². The topological polar surface area (TPSA) is 115 Å². The van der Waals surface area contributed by atoms with Crippen molar-refractivity contribution in [2.24, 2.45) is 0 Å². The summed E-state index contributed by atoms with van der Waals surface area (Å²) in [5.41, 5.74) is -1.50. The van der Waals surface area contributed by atoms with Crippen molar-refractivity contribution < 1.29 is 31.1 Å². The molecule has 0 spiro atoms. The van der Waals surface area contributed by atoms with E-state index in [0.717, 1.165) is 12.3 Å². The lowest BCUT2D eigenvalue weighted by Crippen LogP contribution is -2.49. The molecule has 2 heterocycles. The first-order valence-corrected chi connectivity index (χ1v) is 10.2. The van der Waals surface area contributed by atoms with E-state index in [1.165, 1.54) is 20.3 Å². The minimum absolute atomic E-state index is 0.0133. The highest BCUT2D eigenvalue weighted by molar-refractivity contribution is 7.89. The number of halogens is 6. The summed E-state index contributed by atoms with van der Waals surface area (Å²) in [6, 6.07) is 2.79. The number of nitrogens with one attached hydrogen (secondary N) is 2. The first kappa shape index (κ1) is 24.5. The first-order valence-electron chi connectivity index (χ1n) is 7.63. The Hall–Kier alpha value is -1.80. The Morgan fingerprint density at radius 2 is 1.67 bits per heavy atom. The second-order valence-corrected chi connectivity index (χ2v) is 9.37. The number of ether oxygens (including phenoxy) is 2. The van der Waals surface area contributed by atoms with Crippen molar-refractivity contribution in [3.63, 3.8) is 0 Å². The monoisotopic (exact) mass is 509 g/mol. The van der Waals surface area contributed by atoms with Gasteiger partial charge in [0.05, 0.1) is 25.8 Å². The van der Waals surface area contributed by atoms with E-state index in [9.17, 15) is 21.6 Å². The van der Waals surface area contributed by atoms with Crippen LogP contribution in [0.2, 0.25) is 0 Å². The standard InChI is InChI=1S/C14H13Cl3F3N5O4S/c1-28-8-6-9(29-2)23-12(22-8)24-11(13(15,16)17)25-30(26,27)10-7(14(18,19)20)4-3-5-21-10/h3-6,11,25H,1-2H3,(H,22,23,24). The van der Waals surface area contributed by atoms with Crippen LogP contribution in [0.5, 0.6) is 11.8 Å². The maximum atomic E-state index is 13.2. The first-order chi connectivity index (χ1) is 13.8. The molecule has 1 atom stereocenters. The molecule has 9 nitrogen and oxygen atoms in total. The largest absolute Gasteiger partial charge is 0.481 e. The SMILES string of the molecule is COc1cc(OC)nc(NC(NS(=O)(=O)c2ncccc2C(F)(F)F)C(Cl)(Cl)Cl)n1. The molecule has 2 N–H and O–H groups in total. The Morgan fingerprint density at radius 1 is 1.10 bits per heavy atom. The van der Waals surface area contributed by atoms with Crippen LogP contribution in [0.3, 0.4) is 0 Å². The van der Waals surface area contributed by atoms with E-state index in [2.05, 4.69) is 20.3 Å². The molecule has 0 saturated carbocycles. The van der Waals surface area contributed by atoms with Crippen LogP contribution in [-0.2, 0) is 16.2 Å². The molecule has 0 fully saturated rings. The molecule has 16 heteroatoms. The summed E-state index contributed by atoms with van der Waals surface area (Å²) in [6.07, 6.45) is -5.94. The van der Waals surface area contributed by atoms with Crippen LogP contribution < -0.4 is 19.5 Å². The van der Waals surface area contributed by atoms with Crippen LogP contribution in [0.1, 0.15) is 5.56 Å². The zero-order valence-electron chi connectivity index (χ0n) is 15.0. The molecular weight excluding hydrogens is 498 g/mol. The molecular formula is C14H13Cl3F3N5O4S. The average molecular weight is 511 g/mol. The van der Waals surface area contributed by atoms with Crippen molar-refractivity contribution in [3.05, 3.63) is 30.0 Å². The number of alkyl halides is 6. The molecule has 0 aliphatic heterocycles. The van der Waals surface area contributed by atoms with Gasteiger partial charge in [-0.15, -0.1) is 0 Å². The van der Waals surface area contributed by atoms with Crippen molar-refractivity contribution in [2.75, 3.05) is 19.5 Å². The van der Waals surface area contributed by atoms with E-state index >= 15 is 0 Å². The number of sulfonamides is 1. The fraction of sp³-hybridized carbons (Fsp3) is 0.357. The summed E-state index contributed by atoms with van der Waals surface area (Å²) >= 11 is 17.4. The van der Waals surface area contributed by atoms with Gasteiger partial charge >= 0.3 is 6.18 Å². The molecule has 0 amide bonds. The third-order valence-corrected chi connectivity index (χ3v) is 5.34. The molecule has 0 bridgehead atoms. The van der Waals surface area contributed by atoms with E-state index < -0.39 is 36.7 Å². The van der Waals surface area contributed by atoms with Crippen molar-refractivity contribution in [1.29, 1.82) is 0 Å². The van der Waals surface area contributed by atoms with Crippen LogP contribution in [-0.4, -0.2) is 47.5 Å². The lowest BCUT2D eigenvalue weighted by atomic mass is 10.3. The summed E-state index contributed by atoms with van der Waals surface area (Å²) in [7, 11) is -2.34. The van der Waals surface area contributed by atoms with Gasteiger partial charge in [-0.3, -0.25) is 0 Å². The maximum Gasteiger partial charge on any atom is 0.419 e. The zero-order chi connectivity index (χ0) is 22.7. The van der Waals surface area contributed by atoms with E-state index in [1.807, 2.05) is 4.72 Å². The number of nitrogens with zero attached hydrogens (tertiary/aromatic N) is 3. The van der Waals surface area contributed by atoms with Crippen LogP contribution in [0, 0.1) is 0 Å². The Kier molecular flexibility index (Phi) is 7.45. The summed E-state index contributed by atoms with van der Waals surface area (Å²) in [6.45, 7) is 0. The number of hydrogen-bond acceptors (Lipinski definition) is 8. The van der Waals surface area contributed by atoms with Crippen LogP contribution in [0.4, 0.5) is 19.1 Å². The number of hydrogen-bond donors (Lipinski definition) is 2. The van der Waals surface area contributed by atoms with E-state index in [-0.39, 0.29) is 17.7 Å². The van der Waals surface area contributed by atoms with Crippen molar-refractivity contribution in [2.45, 2.75) is 21.2 Å². The highest BCUT2D eigenvalue weighted by Crippen LogP contribution is 2.35. The molecule has 30 heavy (non-hydrogen) atoms. The lowest BCUT2D eigenvalue weighted by Gasteiger charge is -2.26. The van der Waals surface area contributed by atoms with Crippen LogP contribution in [0.15, 0.2) is 29.4 Å². The number of rotatable bonds is 7. The summed E-state index contributed by atoms with van der Waals surface area (Å²) in [4.78, 5) is 11.1. The fourth-order valence-corrected chi connectivity index (χ4v) is 3.87. The molecule has 0 saturated heterocycles. The fourth-order valence-electron chi connectivity index (χ4n) is 2.02. The predicted octanol–water partition coefficient (Wildman–Crippen LogP) is 2.99. The smallest absolute Gasteiger partial charge is 0.419 e.